The highest BCUT2D eigenvalue weighted by atomic mass is 79.9. The molecule has 1 aromatic rings. The third kappa shape index (κ3) is 4.27. The van der Waals surface area contributed by atoms with Gasteiger partial charge in [0.2, 0.25) is 0 Å². The van der Waals surface area contributed by atoms with Gasteiger partial charge in [-0.15, -0.1) is 6.42 Å². The van der Waals surface area contributed by atoms with Crippen molar-refractivity contribution in [3.8, 4) is 12.3 Å². The molecule has 0 saturated heterocycles. The summed E-state index contributed by atoms with van der Waals surface area (Å²) in [6, 6.07) is 0. The number of terminal acetylenes is 1. The van der Waals surface area contributed by atoms with Gasteiger partial charge in [-0.2, -0.15) is 5.10 Å². The summed E-state index contributed by atoms with van der Waals surface area (Å²) in [7, 11) is -0.795. The van der Waals surface area contributed by atoms with Gasteiger partial charge in [0.1, 0.15) is 11.0 Å². The van der Waals surface area contributed by atoms with Crippen LogP contribution in [0.15, 0.2) is 15.5 Å². The van der Waals surface area contributed by atoms with Gasteiger partial charge in [0.25, 0.3) is 5.56 Å². The average molecular weight is 332 g/mol. The Morgan fingerprint density at radius 3 is 3.00 bits per heavy atom. The van der Waals surface area contributed by atoms with Crippen molar-refractivity contribution >= 4 is 32.4 Å². The predicted molar refractivity (Wildman–Crippen MR) is 77.1 cm³/mol. The van der Waals surface area contributed by atoms with Crippen molar-refractivity contribution in [1.29, 1.82) is 0 Å². The fourth-order valence-corrected chi connectivity index (χ4v) is 2.28. The number of hydrogen-bond acceptors (Lipinski definition) is 4. The maximum Gasteiger partial charge on any atom is 0.284 e. The zero-order valence-corrected chi connectivity index (χ0v) is 12.4. The SMILES string of the molecule is C#CCn1ncc(NCCCS(C)=O)c(Br)c1=O. The molecule has 0 aliphatic rings. The van der Waals surface area contributed by atoms with E-state index in [-0.39, 0.29) is 12.1 Å². The van der Waals surface area contributed by atoms with Crippen molar-refractivity contribution in [1.82, 2.24) is 9.78 Å². The molecule has 1 unspecified atom stereocenters. The minimum Gasteiger partial charge on any atom is -0.383 e. The molecule has 18 heavy (non-hydrogen) atoms. The summed E-state index contributed by atoms with van der Waals surface area (Å²) in [4.78, 5) is 11.8. The molecular weight excluding hydrogens is 318 g/mol. The van der Waals surface area contributed by atoms with Crippen LogP contribution in [0.25, 0.3) is 0 Å². The van der Waals surface area contributed by atoms with Gasteiger partial charge in [0, 0.05) is 29.4 Å². The molecule has 1 N–H and O–H groups in total. The van der Waals surface area contributed by atoms with Crippen LogP contribution >= 0.6 is 15.9 Å². The molecule has 0 fully saturated rings. The Balaban J connectivity index is 2.68. The number of halogens is 1. The first kappa shape index (κ1) is 14.9. The van der Waals surface area contributed by atoms with Crippen LogP contribution in [0, 0.1) is 12.3 Å². The maximum atomic E-state index is 11.8. The first-order chi connectivity index (χ1) is 8.56. The van der Waals surface area contributed by atoms with Crippen LogP contribution in [0.1, 0.15) is 6.42 Å². The highest BCUT2D eigenvalue weighted by Gasteiger charge is 2.07. The summed E-state index contributed by atoms with van der Waals surface area (Å²) in [5.41, 5.74) is 0.354. The topological polar surface area (TPSA) is 64.0 Å². The van der Waals surface area contributed by atoms with E-state index < -0.39 is 10.8 Å². The van der Waals surface area contributed by atoms with Crippen LogP contribution < -0.4 is 10.9 Å². The summed E-state index contributed by atoms with van der Waals surface area (Å²) in [6.07, 6.45) is 9.11. The van der Waals surface area contributed by atoms with Gasteiger partial charge in [0.15, 0.2) is 0 Å². The second-order valence-electron chi connectivity index (χ2n) is 3.60. The zero-order valence-electron chi connectivity index (χ0n) is 9.98. The molecule has 1 aromatic heterocycles. The maximum absolute atomic E-state index is 11.8. The van der Waals surface area contributed by atoms with Crippen molar-refractivity contribution in [2.45, 2.75) is 13.0 Å². The van der Waals surface area contributed by atoms with E-state index in [9.17, 15) is 9.00 Å². The first-order valence-corrected chi connectivity index (χ1v) is 7.81. The van der Waals surface area contributed by atoms with Gasteiger partial charge in [-0.1, -0.05) is 5.92 Å². The zero-order chi connectivity index (χ0) is 13.5. The lowest BCUT2D eigenvalue weighted by Crippen LogP contribution is -2.24. The number of anilines is 1. The molecule has 0 spiro atoms. The molecule has 0 radical (unpaired) electrons. The van der Waals surface area contributed by atoms with E-state index in [0.29, 0.717) is 22.5 Å². The Kier molecular flexibility index (Phi) is 6.09. The van der Waals surface area contributed by atoms with Crippen molar-refractivity contribution < 1.29 is 4.21 Å². The second-order valence-corrected chi connectivity index (χ2v) is 5.94. The van der Waals surface area contributed by atoms with Crippen molar-refractivity contribution in [2.24, 2.45) is 0 Å². The molecule has 0 amide bonds. The molecule has 1 atom stereocenters. The summed E-state index contributed by atoms with van der Waals surface area (Å²) in [5.74, 6) is 2.99. The normalized spacial score (nSPS) is 11.8. The Morgan fingerprint density at radius 1 is 1.67 bits per heavy atom. The molecule has 1 rings (SSSR count). The smallest absolute Gasteiger partial charge is 0.284 e. The fraction of sp³-hybridized carbons (Fsp3) is 0.455. The van der Waals surface area contributed by atoms with Gasteiger partial charge < -0.3 is 5.32 Å². The number of nitrogens with zero attached hydrogens (tertiary/aromatic N) is 2. The monoisotopic (exact) mass is 331 g/mol. The lowest BCUT2D eigenvalue weighted by Gasteiger charge is -2.08. The molecule has 0 saturated carbocycles. The molecule has 5 nitrogen and oxygen atoms in total. The molecule has 0 bridgehead atoms. The number of nitrogens with one attached hydrogen (secondary N) is 1. The minimum atomic E-state index is -0.795. The van der Waals surface area contributed by atoms with Crippen LogP contribution in [0.3, 0.4) is 0 Å². The number of rotatable bonds is 6. The molecule has 98 valence electrons. The Hall–Kier alpha value is -1.13. The Morgan fingerprint density at radius 2 is 2.39 bits per heavy atom. The molecule has 0 aliphatic heterocycles. The van der Waals surface area contributed by atoms with Crippen molar-refractivity contribution in [3.63, 3.8) is 0 Å². The van der Waals surface area contributed by atoms with E-state index in [1.165, 1.54) is 4.68 Å². The van der Waals surface area contributed by atoms with Crippen LogP contribution in [0.5, 0.6) is 0 Å². The summed E-state index contributed by atoms with van der Waals surface area (Å²) >= 11 is 3.22. The van der Waals surface area contributed by atoms with Gasteiger partial charge in [-0.25, -0.2) is 4.68 Å². The van der Waals surface area contributed by atoms with Crippen molar-refractivity contribution in [2.75, 3.05) is 23.9 Å². The summed E-state index contributed by atoms with van der Waals surface area (Å²) in [6.45, 7) is 0.783. The summed E-state index contributed by atoms with van der Waals surface area (Å²) < 4.78 is 12.5. The highest BCUT2D eigenvalue weighted by Crippen LogP contribution is 2.15. The predicted octanol–water partition coefficient (Wildman–Crippen LogP) is 0.820. The number of aromatic nitrogens is 2. The second kappa shape index (κ2) is 7.34. The van der Waals surface area contributed by atoms with Gasteiger partial charge in [0.05, 0.1) is 11.9 Å². The van der Waals surface area contributed by atoms with Gasteiger partial charge in [-0.05, 0) is 22.4 Å². The van der Waals surface area contributed by atoms with Crippen LogP contribution in [0.4, 0.5) is 5.69 Å². The van der Waals surface area contributed by atoms with Gasteiger partial charge >= 0.3 is 0 Å². The highest BCUT2D eigenvalue weighted by molar-refractivity contribution is 9.10. The van der Waals surface area contributed by atoms with E-state index in [1.807, 2.05) is 0 Å². The van der Waals surface area contributed by atoms with Gasteiger partial charge in [-0.3, -0.25) is 9.00 Å². The third-order valence-electron chi connectivity index (χ3n) is 2.15. The lowest BCUT2D eigenvalue weighted by atomic mass is 10.4. The van der Waals surface area contributed by atoms with Crippen LogP contribution in [-0.2, 0) is 17.3 Å². The fourth-order valence-electron chi connectivity index (χ4n) is 1.29. The quantitative estimate of drug-likeness (QED) is 0.619. The van der Waals surface area contributed by atoms with E-state index in [2.05, 4.69) is 32.3 Å². The Labute approximate surface area is 117 Å². The average Bonchev–Trinajstić information content (AvgIpc) is 2.33. The molecule has 1 heterocycles. The van der Waals surface area contributed by atoms with Crippen LogP contribution in [-0.4, -0.2) is 32.5 Å². The first-order valence-electron chi connectivity index (χ1n) is 5.29. The molecule has 7 heteroatoms. The van der Waals surface area contributed by atoms with Crippen molar-refractivity contribution in [3.05, 3.63) is 21.0 Å². The lowest BCUT2D eigenvalue weighted by molar-refractivity contribution is 0.659. The van der Waals surface area contributed by atoms with E-state index in [1.54, 1.807) is 12.5 Å². The van der Waals surface area contributed by atoms with E-state index >= 15 is 0 Å². The standard InChI is InChI=1S/C11H14BrN3O2S/c1-3-6-15-11(16)10(12)9(8-14-15)13-5-4-7-18(2)17/h1,8,13H,4-7H2,2H3. The van der Waals surface area contributed by atoms with E-state index in [0.717, 1.165) is 6.42 Å². The molecular formula is C11H14BrN3O2S. The number of hydrogen-bond donors (Lipinski definition) is 1. The largest absolute Gasteiger partial charge is 0.383 e. The minimum absolute atomic E-state index is 0.145. The van der Waals surface area contributed by atoms with E-state index in [4.69, 9.17) is 6.42 Å². The molecule has 0 aliphatic carbocycles. The molecule has 0 aromatic carbocycles. The Bertz CT molecular complexity index is 536. The van der Waals surface area contributed by atoms with Crippen LogP contribution in [0.2, 0.25) is 0 Å². The third-order valence-corrected chi connectivity index (χ3v) is 3.78. The summed E-state index contributed by atoms with van der Waals surface area (Å²) in [5, 5.41) is 7.02.